The smallest absolute Gasteiger partial charge is 0.142 e. The topological polar surface area (TPSA) is 32.7 Å². The van der Waals surface area contributed by atoms with Crippen LogP contribution in [0.2, 0.25) is 0 Å². The van der Waals surface area contributed by atoms with E-state index in [0.29, 0.717) is 0 Å². The molecule has 0 bridgehead atoms. The fourth-order valence-corrected chi connectivity index (χ4v) is 1.63. The molecule has 96 valence electrons. The second-order valence-corrected chi connectivity index (χ2v) is 5.14. The fourth-order valence-electron chi connectivity index (χ4n) is 1.63. The molecule has 0 unspecified atom stereocenters. The van der Waals surface area contributed by atoms with E-state index in [0.717, 1.165) is 11.4 Å². The molecule has 0 amide bonds. The number of rotatable bonds is 4. The number of nitrogens with zero attached hydrogens (tertiary/aromatic N) is 1. The Morgan fingerprint density at radius 3 is 2.24 bits per heavy atom. The zero-order valence-corrected chi connectivity index (χ0v) is 11.7. The molecule has 0 aliphatic carbocycles. The molecule has 0 fully saturated rings. The molecule has 1 aromatic rings. The maximum absolute atomic E-state index is 9.43. The first-order valence-corrected chi connectivity index (χ1v) is 5.83. The molecule has 17 heavy (non-hydrogen) atoms. The van der Waals surface area contributed by atoms with Gasteiger partial charge in [-0.25, -0.2) is 0 Å². The number of aliphatic hydroxyl groups is 1. The number of ether oxygens (including phenoxy) is 1. The van der Waals surface area contributed by atoms with Crippen LogP contribution in [-0.4, -0.2) is 31.4 Å². The Balaban J connectivity index is 3.25. The van der Waals surface area contributed by atoms with Gasteiger partial charge in [0, 0.05) is 7.05 Å². The van der Waals surface area contributed by atoms with Crippen LogP contribution in [0, 0.1) is 13.8 Å². The third-order valence-corrected chi connectivity index (χ3v) is 3.45. The minimum atomic E-state index is -0.311. The second kappa shape index (κ2) is 4.96. The molecular formula is C14H23NO2. The van der Waals surface area contributed by atoms with Gasteiger partial charge in [-0.1, -0.05) is 0 Å². The molecule has 0 aliphatic heterocycles. The summed E-state index contributed by atoms with van der Waals surface area (Å²) in [5.74, 6) is 0.845. The van der Waals surface area contributed by atoms with E-state index in [1.807, 2.05) is 27.0 Å². The molecule has 0 atom stereocenters. The summed E-state index contributed by atoms with van der Waals surface area (Å²) in [4.78, 5) is 2.05. The van der Waals surface area contributed by atoms with E-state index >= 15 is 0 Å². The van der Waals surface area contributed by atoms with Gasteiger partial charge >= 0.3 is 0 Å². The van der Waals surface area contributed by atoms with Crippen molar-refractivity contribution in [2.75, 3.05) is 25.7 Å². The predicted octanol–water partition coefficient (Wildman–Crippen LogP) is 2.52. The number of hydrogen-bond acceptors (Lipinski definition) is 3. The number of anilines is 1. The van der Waals surface area contributed by atoms with Crippen molar-refractivity contribution in [3.05, 3.63) is 23.3 Å². The van der Waals surface area contributed by atoms with Crippen molar-refractivity contribution in [1.82, 2.24) is 0 Å². The summed E-state index contributed by atoms with van der Waals surface area (Å²) in [5.41, 5.74) is 3.13. The summed E-state index contributed by atoms with van der Waals surface area (Å²) in [6.07, 6.45) is 0. The SMILES string of the molecule is COc1cc(C)c(C)cc1N(C)C(C)(C)CO. The maximum atomic E-state index is 9.43. The molecule has 0 aromatic heterocycles. The molecule has 3 nitrogen and oxygen atoms in total. The highest BCUT2D eigenvalue weighted by molar-refractivity contribution is 5.62. The molecule has 0 spiro atoms. The number of likely N-dealkylation sites (N-methyl/N-ethyl adjacent to an activating group) is 1. The van der Waals surface area contributed by atoms with Gasteiger partial charge in [0.05, 0.1) is 24.9 Å². The van der Waals surface area contributed by atoms with Crippen LogP contribution in [0.5, 0.6) is 5.75 Å². The van der Waals surface area contributed by atoms with Crippen LogP contribution < -0.4 is 9.64 Å². The lowest BCUT2D eigenvalue weighted by Crippen LogP contribution is -2.44. The minimum Gasteiger partial charge on any atom is -0.495 e. The monoisotopic (exact) mass is 237 g/mol. The highest BCUT2D eigenvalue weighted by Gasteiger charge is 2.25. The molecular weight excluding hydrogens is 214 g/mol. The molecule has 1 N–H and O–H groups in total. The highest BCUT2D eigenvalue weighted by Crippen LogP contribution is 2.34. The third-order valence-electron chi connectivity index (χ3n) is 3.45. The Kier molecular flexibility index (Phi) is 4.04. The van der Waals surface area contributed by atoms with Crippen LogP contribution in [0.4, 0.5) is 5.69 Å². The number of aliphatic hydroxyl groups excluding tert-OH is 1. The largest absolute Gasteiger partial charge is 0.495 e. The van der Waals surface area contributed by atoms with Crippen LogP contribution in [0.15, 0.2) is 12.1 Å². The lowest BCUT2D eigenvalue weighted by Gasteiger charge is -2.37. The average molecular weight is 237 g/mol. The number of methoxy groups -OCH3 is 1. The molecule has 0 radical (unpaired) electrons. The van der Waals surface area contributed by atoms with Gasteiger partial charge in [0.1, 0.15) is 5.75 Å². The molecule has 0 saturated carbocycles. The van der Waals surface area contributed by atoms with Gasteiger partial charge < -0.3 is 14.7 Å². The molecule has 0 heterocycles. The summed E-state index contributed by atoms with van der Waals surface area (Å²) in [6.45, 7) is 8.25. The van der Waals surface area contributed by atoms with Crippen molar-refractivity contribution in [1.29, 1.82) is 0 Å². The number of benzene rings is 1. The summed E-state index contributed by atoms with van der Waals surface area (Å²) in [5, 5.41) is 9.43. The average Bonchev–Trinajstić information content (AvgIpc) is 2.31. The molecule has 3 heteroatoms. The molecule has 1 rings (SSSR count). The predicted molar refractivity (Wildman–Crippen MR) is 72.0 cm³/mol. The lowest BCUT2D eigenvalue weighted by molar-refractivity contribution is 0.215. The van der Waals surface area contributed by atoms with Crippen molar-refractivity contribution < 1.29 is 9.84 Å². The Morgan fingerprint density at radius 1 is 1.24 bits per heavy atom. The Morgan fingerprint density at radius 2 is 1.76 bits per heavy atom. The van der Waals surface area contributed by atoms with Crippen molar-refractivity contribution >= 4 is 5.69 Å². The van der Waals surface area contributed by atoms with Crippen LogP contribution in [0.1, 0.15) is 25.0 Å². The number of hydrogen-bond donors (Lipinski definition) is 1. The summed E-state index contributed by atoms with van der Waals surface area (Å²) in [7, 11) is 3.65. The van der Waals surface area contributed by atoms with E-state index in [2.05, 4.69) is 24.8 Å². The number of aryl methyl sites for hydroxylation is 2. The van der Waals surface area contributed by atoms with Crippen molar-refractivity contribution in [3.63, 3.8) is 0 Å². The van der Waals surface area contributed by atoms with E-state index in [9.17, 15) is 5.11 Å². The first kappa shape index (κ1) is 13.8. The quantitative estimate of drug-likeness (QED) is 0.873. The standard InChI is InChI=1S/C14H23NO2/c1-10-7-12(13(17-6)8-11(10)2)15(5)14(3,4)9-16/h7-8,16H,9H2,1-6H3. The van der Waals surface area contributed by atoms with Gasteiger partial charge in [0.25, 0.3) is 0 Å². The normalized spacial score (nSPS) is 11.5. The Hall–Kier alpha value is -1.22. The van der Waals surface area contributed by atoms with Crippen LogP contribution in [0.25, 0.3) is 0 Å². The van der Waals surface area contributed by atoms with Crippen molar-refractivity contribution in [3.8, 4) is 5.75 Å². The minimum absolute atomic E-state index is 0.0968. The van der Waals surface area contributed by atoms with E-state index in [1.54, 1.807) is 7.11 Å². The zero-order valence-electron chi connectivity index (χ0n) is 11.7. The maximum Gasteiger partial charge on any atom is 0.142 e. The van der Waals surface area contributed by atoms with Crippen LogP contribution >= 0.6 is 0 Å². The second-order valence-electron chi connectivity index (χ2n) is 5.14. The third kappa shape index (κ3) is 2.72. The summed E-state index contributed by atoms with van der Waals surface area (Å²) in [6, 6.07) is 4.14. The molecule has 1 aromatic carbocycles. The molecule has 0 aliphatic rings. The molecule has 0 saturated heterocycles. The summed E-state index contributed by atoms with van der Waals surface area (Å²) >= 11 is 0. The van der Waals surface area contributed by atoms with Gasteiger partial charge in [-0.2, -0.15) is 0 Å². The van der Waals surface area contributed by atoms with Crippen LogP contribution in [0.3, 0.4) is 0 Å². The summed E-state index contributed by atoms with van der Waals surface area (Å²) < 4.78 is 5.42. The highest BCUT2D eigenvalue weighted by atomic mass is 16.5. The van der Waals surface area contributed by atoms with Gasteiger partial charge in [0.2, 0.25) is 0 Å². The van der Waals surface area contributed by atoms with Gasteiger partial charge in [-0.05, 0) is 51.0 Å². The Bertz CT molecular complexity index is 399. The van der Waals surface area contributed by atoms with E-state index in [-0.39, 0.29) is 12.1 Å². The first-order chi connectivity index (χ1) is 7.83. The lowest BCUT2D eigenvalue weighted by atomic mass is 10.0. The van der Waals surface area contributed by atoms with E-state index in [4.69, 9.17) is 4.74 Å². The fraction of sp³-hybridized carbons (Fsp3) is 0.571. The van der Waals surface area contributed by atoms with Crippen molar-refractivity contribution in [2.24, 2.45) is 0 Å². The van der Waals surface area contributed by atoms with Crippen LogP contribution in [-0.2, 0) is 0 Å². The first-order valence-electron chi connectivity index (χ1n) is 5.83. The Labute approximate surface area is 104 Å². The van der Waals surface area contributed by atoms with Gasteiger partial charge in [0.15, 0.2) is 0 Å². The van der Waals surface area contributed by atoms with Gasteiger partial charge in [-0.15, -0.1) is 0 Å². The van der Waals surface area contributed by atoms with Crippen molar-refractivity contribution in [2.45, 2.75) is 33.2 Å². The van der Waals surface area contributed by atoms with E-state index in [1.165, 1.54) is 11.1 Å². The van der Waals surface area contributed by atoms with Gasteiger partial charge in [-0.3, -0.25) is 0 Å². The van der Waals surface area contributed by atoms with E-state index < -0.39 is 0 Å². The zero-order chi connectivity index (χ0) is 13.2.